The molecule has 0 saturated heterocycles. The number of methoxy groups -OCH3 is 1. The third-order valence-electron chi connectivity index (χ3n) is 7.74. The van der Waals surface area contributed by atoms with Crippen molar-refractivity contribution in [1.82, 2.24) is 5.32 Å². The van der Waals surface area contributed by atoms with Gasteiger partial charge in [-0.25, -0.2) is 0 Å². The van der Waals surface area contributed by atoms with Crippen LogP contribution in [0.3, 0.4) is 0 Å². The van der Waals surface area contributed by atoms with Crippen LogP contribution < -0.4 is 10.2 Å². The molecule has 2 saturated carbocycles. The van der Waals surface area contributed by atoms with E-state index in [9.17, 15) is 9.59 Å². The Kier molecular flexibility index (Phi) is 6.18. The molecule has 1 N–H and O–H groups in total. The van der Waals surface area contributed by atoms with Crippen LogP contribution in [0, 0.1) is 25.2 Å². The maximum atomic E-state index is 13.4. The quantitative estimate of drug-likeness (QED) is 0.416. The zero-order valence-corrected chi connectivity index (χ0v) is 21.6. The number of nitrogens with one attached hydrogen (secondary N) is 1. The Balaban J connectivity index is 1.28. The Morgan fingerprint density at radius 1 is 0.943 bits per heavy atom. The predicted molar refractivity (Wildman–Crippen MR) is 141 cm³/mol. The third-order valence-corrected chi connectivity index (χ3v) is 8.75. The zero-order chi connectivity index (χ0) is 24.7. The summed E-state index contributed by atoms with van der Waals surface area (Å²) in [5.41, 5.74) is 5.36. The van der Waals surface area contributed by atoms with Crippen molar-refractivity contribution in [1.29, 1.82) is 0 Å². The molecule has 5 nitrogen and oxygen atoms in total. The van der Waals surface area contributed by atoms with Crippen molar-refractivity contribution in [3.63, 3.8) is 0 Å². The molecule has 5 rings (SSSR count). The fourth-order valence-corrected chi connectivity index (χ4v) is 7.06. The van der Waals surface area contributed by atoms with Crippen LogP contribution in [0.25, 0.3) is 11.1 Å². The van der Waals surface area contributed by atoms with Gasteiger partial charge in [-0.05, 0) is 68.2 Å². The number of carbonyl (C=O) groups excluding carboxylic acids is 2. The fraction of sp³-hybridized carbons (Fsp3) is 0.379. The van der Waals surface area contributed by atoms with E-state index < -0.39 is 0 Å². The number of anilines is 2. The second-order valence-corrected chi connectivity index (χ2v) is 11.5. The number of hydrogen-bond donors (Lipinski definition) is 1. The molecule has 1 spiro atoms. The van der Waals surface area contributed by atoms with E-state index in [0.717, 1.165) is 52.4 Å². The van der Waals surface area contributed by atoms with E-state index in [0.29, 0.717) is 0 Å². The highest BCUT2D eigenvalue weighted by Gasteiger charge is 2.55. The molecule has 0 unspecified atom stereocenters. The van der Waals surface area contributed by atoms with Crippen molar-refractivity contribution in [3.05, 3.63) is 69.9 Å². The first-order chi connectivity index (χ1) is 16.8. The van der Waals surface area contributed by atoms with Gasteiger partial charge in [0.1, 0.15) is 0 Å². The topological polar surface area (TPSA) is 58.6 Å². The number of thiophene rings is 1. The maximum absolute atomic E-state index is 13.4. The molecule has 2 fully saturated rings. The van der Waals surface area contributed by atoms with Gasteiger partial charge in [-0.15, -0.1) is 11.3 Å². The molecule has 2 aliphatic rings. The summed E-state index contributed by atoms with van der Waals surface area (Å²) in [6, 6.07) is 19.0. The molecule has 1 heterocycles. The molecule has 0 radical (unpaired) electrons. The molecule has 35 heavy (non-hydrogen) atoms. The van der Waals surface area contributed by atoms with E-state index in [1.807, 2.05) is 32.2 Å². The number of carbonyl (C=O) groups is 2. The number of esters is 1. The monoisotopic (exact) mass is 488 g/mol. The van der Waals surface area contributed by atoms with Crippen molar-refractivity contribution in [2.45, 2.75) is 45.6 Å². The SMILES string of the molecule is COC(=O)C1CC2(CC(NC(=O)c3c(C)sc(C)c3N(C)c3ccc(-c4ccccc4)cc3)C2)C1. The first kappa shape index (κ1) is 23.6. The Hall–Kier alpha value is -3.12. The normalized spacial score (nSPS) is 22.7. The van der Waals surface area contributed by atoms with E-state index >= 15 is 0 Å². The summed E-state index contributed by atoms with van der Waals surface area (Å²) in [5.74, 6) is -0.0674. The number of benzene rings is 2. The molecule has 1 amide bonds. The van der Waals surface area contributed by atoms with Crippen molar-refractivity contribution in [2.24, 2.45) is 11.3 Å². The van der Waals surface area contributed by atoms with Gasteiger partial charge in [0, 0.05) is 28.5 Å². The molecule has 0 aliphatic heterocycles. The highest BCUT2D eigenvalue weighted by molar-refractivity contribution is 7.12. The van der Waals surface area contributed by atoms with Crippen LogP contribution in [-0.4, -0.2) is 32.1 Å². The fourth-order valence-electron chi connectivity index (χ4n) is 5.98. The molecular formula is C29H32N2O3S. The second-order valence-electron chi connectivity index (χ2n) is 10.1. The standard InChI is InChI=1S/C29H32N2O3S/c1-18-25(27(32)30-23-16-29(17-23)14-22(15-29)28(33)34-4)26(19(2)35-18)31(3)24-12-10-21(11-13-24)20-8-6-5-7-9-20/h5-13,22-23H,14-17H2,1-4H3,(H,30,32). The van der Waals surface area contributed by atoms with E-state index in [2.05, 4.69) is 53.5 Å². The molecule has 6 heteroatoms. The lowest BCUT2D eigenvalue weighted by Crippen LogP contribution is -2.57. The number of aryl methyl sites for hydroxylation is 2. The first-order valence-electron chi connectivity index (χ1n) is 12.2. The Labute approximate surface area is 211 Å². The molecule has 2 aliphatic carbocycles. The van der Waals surface area contributed by atoms with Crippen LogP contribution in [0.5, 0.6) is 0 Å². The number of hydrogen-bond acceptors (Lipinski definition) is 5. The van der Waals surface area contributed by atoms with Gasteiger partial charge >= 0.3 is 5.97 Å². The Morgan fingerprint density at radius 2 is 1.57 bits per heavy atom. The number of nitrogens with zero attached hydrogens (tertiary/aromatic N) is 1. The lowest BCUT2D eigenvalue weighted by Gasteiger charge is -2.56. The lowest BCUT2D eigenvalue weighted by atomic mass is 9.50. The molecular weight excluding hydrogens is 456 g/mol. The summed E-state index contributed by atoms with van der Waals surface area (Å²) in [6.07, 6.45) is 3.66. The van der Waals surface area contributed by atoms with Gasteiger partial charge < -0.3 is 15.0 Å². The van der Waals surface area contributed by atoms with Crippen LogP contribution in [-0.2, 0) is 9.53 Å². The summed E-state index contributed by atoms with van der Waals surface area (Å²) >= 11 is 1.67. The second kappa shape index (κ2) is 9.15. The Morgan fingerprint density at radius 3 is 2.20 bits per heavy atom. The van der Waals surface area contributed by atoms with Crippen molar-refractivity contribution < 1.29 is 14.3 Å². The maximum Gasteiger partial charge on any atom is 0.308 e. The van der Waals surface area contributed by atoms with Gasteiger partial charge in [0.05, 0.1) is 24.3 Å². The van der Waals surface area contributed by atoms with E-state index in [4.69, 9.17) is 4.74 Å². The zero-order valence-electron chi connectivity index (χ0n) is 20.8. The smallest absolute Gasteiger partial charge is 0.308 e. The molecule has 0 bridgehead atoms. The molecule has 0 atom stereocenters. The van der Waals surface area contributed by atoms with Crippen molar-refractivity contribution in [3.8, 4) is 11.1 Å². The highest BCUT2D eigenvalue weighted by atomic mass is 32.1. The third kappa shape index (κ3) is 4.36. The minimum absolute atomic E-state index is 0.00158. The molecule has 2 aromatic carbocycles. The van der Waals surface area contributed by atoms with Crippen LogP contribution in [0.4, 0.5) is 11.4 Å². The number of ether oxygens (including phenoxy) is 1. The summed E-state index contributed by atoms with van der Waals surface area (Å²) < 4.78 is 4.87. The van der Waals surface area contributed by atoms with Crippen LogP contribution in [0.1, 0.15) is 45.8 Å². The first-order valence-corrected chi connectivity index (χ1v) is 13.0. The highest BCUT2D eigenvalue weighted by Crippen LogP contribution is 2.59. The Bertz CT molecular complexity index is 1230. The lowest BCUT2D eigenvalue weighted by molar-refractivity contribution is -0.159. The largest absolute Gasteiger partial charge is 0.469 e. The minimum atomic E-state index is -0.100. The van der Waals surface area contributed by atoms with Crippen molar-refractivity contribution >= 4 is 34.6 Å². The van der Waals surface area contributed by atoms with Crippen LogP contribution >= 0.6 is 11.3 Å². The van der Waals surface area contributed by atoms with Crippen LogP contribution in [0.2, 0.25) is 0 Å². The average Bonchev–Trinajstić information content (AvgIpc) is 3.12. The van der Waals surface area contributed by atoms with Gasteiger partial charge in [-0.1, -0.05) is 42.5 Å². The number of rotatable bonds is 6. The number of amides is 1. The average molecular weight is 489 g/mol. The predicted octanol–water partition coefficient (Wildman–Crippen LogP) is 6.26. The van der Waals surface area contributed by atoms with Gasteiger partial charge in [0.25, 0.3) is 5.91 Å². The minimum Gasteiger partial charge on any atom is -0.469 e. The summed E-state index contributed by atoms with van der Waals surface area (Å²) in [5, 5.41) is 3.27. The van der Waals surface area contributed by atoms with Crippen molar-refractivity contribution in [2.75, 3.05) is 19.1 Å². The summed E-state index contributed by atoms with van der Waals surface area (Å²) in [4.78, 5) is 29.4. The van der Waals surface area contributed by atoms with Gasteiger partial charge in [0.15, 0.2) is 0 Å². The van der Waals surface area contributed by atoms with E-state index in [-0.39, 0.29) is 29.3 Å². The van der Waals surface area contributed by atoms with Crippen LogP contribution in [0.15, 0.2) is 54.6 Å². The van der Waals surface area contributed by atoms with Gasteiger partial charge in [-0.2, -0.15) is 0 Å². The van der Waals surface area contributed by atoms with Gasteiger partial charge in [0.2, 0.25) is 0 Å². The molecule has 182 valence electrons. The summed E-state index contributed by atoms with van der Waals surface area (Å²) in [7, 11) is 3.48. The van der Waals surface area contributed by atoms with Gasteiger partial charge in [-0.3, -0.25) is 9.59 Å². The van der Waals surface area contributed by atoms with E-state index in [1.54, 1.807) is 11.3 Å². The summed E-state index contributed by atoms with van der Waals surface area (Å²) in [6.45, 7) is 4.11. The van der Waals surface area contributed by atoms with E-state index in [1.165, 1.54) is 18.2 Å². The molecule has 1 aromatic heterocycles. The molecule has 3 aromatic rings.